The molecule has 0 bridgehead atoms. The smallest absolute Gasteiger partial charge is 0.124 e. The van der Waals surface area contributed by atoms with E-state index in [1.54, 1.807) is 4.68 Å². The lowest BCUT2D eigenvalue weighted by Gasteiger charge is -1.94. The van der Waals surface area contributed by atoms with Gasteiger partial charge in [-0.25, -0.2) is 0 Å². The number of nitrogen functional groups attached to an aromatic ring is 1. The monoisotopic (exact) mass is 167 g/mol. The molecule has 0 aliphatic rings. The highest BCUT2D eigenvalue weighted by atomic mass is 15.3. The molecule has 0 atom stereocenters. The minimum atomic E-state index is 0.793. The lowest BCUT2D eigenvalue weighted by Crippen LogP contribution is -1.97. The molecule has 0 amide bonds. The summed E-state index contributed by atoms with van der Waals surface area (Å²) in [7, 11) is 1.89. The Kier molecular flexibility index (Phi) is 2.74. The van der Waals surface area contributed by atoms with Gasteiger partial charge in [-0.3, -0.25) is 4.68 Å². The third-order valence-corrected chi connectivity index (χ3v) is 2.20. The first-order valence-corrected chi connectivity index (χ1v) is 4.44. The number of unbranched alkanes of at least 4 members (excludes halogenated alkanes) is 1. The average Bonchev–Trinajstić information content (AvgIpc) is 2.30. The van der Waals surface area contributed by atoms with E-state index in [4.69, 9.17) is 5.73 Å². The van der Waals surface area contributed by atoms with Gasteiger partial charge in [-0.15, -0.1) is 0 Å². The summed E-state index contributed by atoms with van der Waals surface area (Å²) < 4.78 is 1.75. The number of anilines is 1. The maximum atomic E-state index is 5.77. The van der Waals surface area contributed by atoms with Crippen molar-refractivity contribution in [1.29, 1.82) is 0 Å². The molecule has 0 spiro atoms. The summed E-state index contributed by atoms with van der Waals surface area (Å²) in [4.78, 5) is 0. The van der Waals surface area contributed by atoms with Crippen LogP contribution in [0.15, 0.2) is 0 Å². The molecule has 1 rings (SSSR count). The first-order chi connectivity index (χ1) is 5.66. The number of nitrogens with zero attached hydrogens (tertiary/aromatic N) is 2. The number of aromatic nitrogens is 2. The second-order valence-corrected chi connectivity index (χ2v) is 3.18. The van der Waals surface area contributed by atoms with E-state index in [1.807, 2.05) is 14.0 Å². The molecular weight excluding hydrogens is 150 g/mol. The normalized spacial score (nSPS) is 10.6. The van der Waals surface area contributed by atoms with Crippen molar-refractivity contribution < 1.29 is 0 Å². The van der Waals surface area contributed by atoms with Crippen LogP contribution in [0, 0.1) is 6.92 Å². The molecule has 2 N–H and O–H groups in total. The summed E-state index contributed by atoms with van der Waals surface area (Å²) in [5.41, 5.74) is 8.07. The number of nitrogens with two attached hydrogens (primary N) is 1. The highest BCUT2D eigenvalue weighted by Gasteiger charge is 2.07. The number of hydrogen-bond donors (Lipinski definition) is 1. The van der Waals surface area contributed by atoms with Gasteiger partial charge in [-0.05, 0) is 19.8 Å². The molecule has 0 unspecified atom stereocenters. The van der Waals surface area contributed by atoms with Crippen molar-refractivity contribution in [3.8, 4) is 0 Å². The van der Waals surface area contributed by atoms with Crippen molar-refractivity contribution in [3.63, 3.8) is 0 Å². The summed E-state index contributed by atoms with van der Waals surface area (Å²) in [5, 5.41) is 4.34. The van der Waals surface area contributed by atoms with Crippen LogP contribution in [0.4, 0.5) is 5.82 Å². The standard InChI is InChI=1S/C9H17N3/c1-4-5-6-8-7(2)9(10)12(3)11-8/h4-6,10H2,1-3H3. The second kappa shape index (κ2) is 3.61. The Hall–Kier alpha value is -0.990. The highest BCUT2D eigenvalue weighted by Crippen LogP contribution is 2.15. The third kappa shape index (κ3) is 1.60. The van der Waals surface area contributed by atoms with Gasteiger partial charge in [0.2, 0.25) is 0 Å². The van der Waals surface area contributed by atoms with Gasteiger partial charge in [0, 0.05) is 12.6 Å². The Balaban J connectivity index is 2.79. The van der Waals surface area contributed by atoms with Crippen molar-refractivity contribution in [2.24, 2.45) is 7.05 Å². The molecule has 0 saturated carbocycles. The molecule has 68 valence electrons. The Morgan fingerprint density at radius 1 is 1.50 bits per heavy atom. The van der Waals surface area contributed by atoms with Crippen LogP contribution in [0.25, 0.3) is 0 Å². The van der Waals surface area contributed by atoms with Crippen LogP contribution >= 0.6 is 0 Å². The fourth-order valence-corrected chi connectivity index (χ4v) is 1.28. The van der Waals surface area contributed by atoms with E-state index in [1.165, 1.54) is 12.8 Å². The maximum Gasteiger partial charge on any atom is 0.124 e. The SMILES string of the molecule is CCCCc1nn(C)c(N)c1C. The van der Waals surface area contributed by atoms with Crippen LogP contribution in [0.1, 0.15) is 31.0 Å². The molecular formula is C9H17N3. The van der Waals surface area contributed by atoms with Crippen LogP contribution < -0.4 is 5.73 Å². The lowest BCUT2D eigenvalue weighted by molar-refractivity contribution is 0.717. The van der Waals surface area contributed by atoms with Crippen LogP contribution in [-0.2, 0) is 13.5 Å². The van der Waals surface area contributed by atoms with Gasteiger partial charge < -0.3 is 5.73 Å². The van der Waals surface area contributed by atoms with Crippen LogP contribution in [0.2, 0.25) is 0 Å². The summed E-state index contributed by atoms with van der Waals surface area (Å²) in [5.74, 6) is 0.793. The summed E-state index contributed by atoms with van der Waals surface area (Å²) in [6.45, 7) is 4.22. The van der Waals surface area contributed by atoms with E-state index in [9.17, 15) is 0 Å². The van der Waals surface area contributed by atoms with Gasteiger partial charge in [-0.2, -0.15) is 5.10 Å². The van der Waals surface area contributed by atoms with Crippen molar-refractivity contribution in [2.45, 2.75) is 33.1 Å². The first-order valence-electron chi connectivity index (χ1n) is 4.44. The molecule has 0 saturated heterocycles. The summed E-state index contributed by atoms with van der Waals surface area (Å²) in [6, 6.07) is 0. The molecule has 0 aliphatic heterocycles. The van der Waals surface area contributed by atoms with E-state index < -0.39 is 0 Å². The fraction of sp³-hybridized carbons (Fsp3) is 0.667. The van der Waals surface area contributed by atoms with Crippen LogP contribution in [0.3, 0.4) is 0 Å². The van der Waals surface area contributed by atoms with Crippen molar-refractivity contribution >= 4 is 5.82 Å². The Morgan fingerprint density at radius 3 is 2.58 bits per heavy atom. The van der Waals surface area contributed by atoms with E-state index in [2.05, 4.69) is 12.0 Å². The Morgan fingerprint density at radius 2 is 2.17 bits per heavy atom. The predicted octanol–water partition coefficient (Wildman–Crippen LogP) is 1.65. The molecule has 12 heavy (non-hydrogen) atoms. The molecule has 0 fully saturated rings. The van der Waals surface area contributed by atoms with E-state index >= 15 is 0 Å². The molecule has 3 nitrogen and oxygen atoms in total. The average molecular weight is 167 g/mol. The molecule has 0 radical (unpaired) electrons. The third-order valence-electron chi connectivity index (χ3n) is 2.20. The van der Waals surface area contributed by atoms with Crippen LogP contribution in [0.5, 0.6) is 0 Å². The van der Waals surface area contributed by atoms with Crippen molar-refractivity contribution in [1.82, 2.24) is 9.78 Å². The summed E-state index contributed by atoms with van der Waals surface area (Å²) >= 11 is 0. The van der Waals surface area contributed by atoms with Gasteiger partial charge in [0.25, 0.3) is 0 Å². The largest absolute Gasteiger partial charge is 0.384 e. The molecule has 0 aromatic carbocycles. The summed E-state index contributed by atoms with van der Waals surface area (Å²) in [6.07, 6.45) is 3.45. The Labute approximate surface area is 73.6 Å². The van der Waals surface area contributed by atoms with Gasteiger partial charge in [0.1, 0.15) is 5.82 Å². The molecule has 0 aliphatic carbocycles. The van der Waals surface area contributed by atoms with Gasteiger partial charge >= 0.3 is 0 Å². The maximum absolute atomic E-state index is 5.77. The van der Waals surface area contributed by atoms with Crippen molar-refractivity contribution in [2.75, 3.05) is 5.73 Å². The predicted molar refractivity (Wildman–Crippen MR) is 51.0 cm³/mol. The van der Waals surface area contributed by atoms with Gasteiger partial charge in [-0.1, -0.05) is 13.3 Å². The quantitative estimate of drug-likeness (QED) is 0.744. The van der Waals surface area contributed by atoms with E-state index in [0.29, 0.717) is 0 Å². The fourth-order valence-electron chi connectivity index (χ4n) is 1.28. The zero-order chi connectivity index (χ0) is 9.14. The Bertz CT molecular complexity index is 263. The molecule has 1 aromatic heterocycles. The lowest BCUT2D eigenvalue weighted by atomic mass is 10.1. The number of hydrogen-bond acceptors (Lipinski definition) is 2. The topological polar surface area (TPSA) is 43.8 Å². The molecule has 1 aromatic rings. The van der Waals surface area contributed by atoms with Gasteiger partial charge in [0.15, 0.2) is 0 Å². The van der Waals surface area contributed by atoms with E-state index in [0.717, 1.165) is 23.5 Å². The first kappa shape index (κ1) is 9.10. The minimum absolute atomic E-state index is 0.793. The minimum Gasteiger partial charge on any atom is -0.384 e. The number of aryl methyl sites for hydroxylation is 2. The number of rotatable bonds is 3. The second-order valence-electron chi connectivity index (χ2n) is 3.18. The molecule has 3 heteroatoms. The molecule has 1 heterocycles. The van der Waals surface area contributed by atoms with Crippen LogP contribution in [-0.4, -0.2) is 9.78 Å². The van der Waals surface area contributed by atoms with Gasteiger partial charge in [0.05, 0.1) is 5.69 Å². The van der Waals surface area contributed by atoms with Crippen molar-refractivity contribution in [3.05, 3.63) is 11.3 Å². The zero-order valence-electron chi connectivity index (χ0n) is 8.09. The highest BCUT2D eigenvalue weighted by molar-refractivity contribution is 5.41. The van der Waals surface area contributed by atoms with E-state index in [-0.39, 0.29) is 0 Å². The zero-order valence-corrected chi connectivity index (χ0v) is 8.09.